The molecule has 1 aliphatic rings. The summed E-state index contributed by atoms with van der Waals surface area (Å²) in [5.41, 5.74) is 7.22. The second-order valence-electron chi connectivity index (χ2n) is 6.35. The molecule has 1 saturated heterocycles. The average Bonchev–Trinajstić information content (AvgIpc) is 2.39. The molecular formula is C16H28N4. The molecule has 20 heavy (non-hydrogen) atoms. The number of hydrogen-bond donors (Lipinski definition) is 1. The standard InChI is InChI=1S/C16H28N4/c1-13(2)12-19-7-9-20(10-8-19)16-15(11-14(3)17)5-4-6-18-16/h4-6,13-14H,7-12,17H2,1-3H3. The average molecular weight is 276 g/mol. The van der Waals surface area contributed by atoms with Crippen molar-refractivity contribution in [1.29, 1.82) is 0 Å². The molecule has 0 aromatic carbocycles. The van der Waals surface area contributed by atoms with Gasteiger partial charge < -0.3 is 10.6 Å². The molecule has 1 aromatic heterocycles. The highest BCUT2D eigenvalue weighted by Gasteiger charge is 2.20. The Bertz CT molecular complexity index is 409. The zero-order chi connectivity index (χ0) is 14.5. The van der Waals surface area contributed by atoms with Gasteiger partial charge in [-0.05, 0) is 30.9 Å². The Hall–Kier alpha value is -1.13. The zero-order valence-corrected chi connectivity index (χ0v) is 13.0. The summed E-state index contributed by atoms with van der Waals surface area (Å²) in [5, 5.41) is 0. The van der Waals surface area contributed by atoms with Crippen molar-refractivity contribution in [3.05, 3.63) is 23.9 Å². The van der Waals surface area contributed by atoms with E-state index in [1.807, 2.05) is 12.3 Å². The molecule has 112 valence electrons. The summed E-state index contributed by atoms with van der Waals surface area (Å²) in [6.45, 7) is 12.2. The predicted molar refractivity (Wildman–Crippen MR) is 85.1 cm³/mol. The van der Waals surface area contributed by atoms with E-state index >= 15 is 0 Å². The number of nitrogens with zero attached hydrogens (tertiary/aromatic N) is 3. The summed E-state index contributed by atoms with van der Waals surface area (Å²) >= 11 is 0. The molecular weight excluding hydrogens is 248 g/mol. The van der Waals surface area contributed by atoms with Crippen molar-refractivity contribution >= 4 is 5.82 Å². The molecule has 0 aliphatic carbocycles. The molecule has 0 spiro atoms. The lowest BCUT2D eigenvalue weighted by atomic mass is 10.1. The van der Waals surface area contributed by atoms with Crippen molar-refractivity contribution in [3.63, 3.8) is 0 Å². The summed E-state index contributed by atoms with van der Waals surface area (Å²) in [7, 11) is 0. The molecule has 0 bridgehead atoms. The van der Waals surface area contributed by atoms with Crippen LogP contribution in [0.2, 0.25) is 0 Å². The Balaban J connectivity index is 1.99. The molecule has 1 unspecified atom stereocenters. The summed E-state index contributed by atoms with van der Waals surface area (Å²) in [6.07, 6.45) is 2.79. The van der Waals surface area contributed by atoms with Gasteiger partial charge in [-0.3, -0.25) is 4.90 Å². The van der Waals surface area contributed by atoms with Crippen LogP contribution in [0.1, 0.15) is 26.3 Å². The number of piperazine rings is 1. The highest BCUT2D eigenvalue weighted by molar-refractivity contribution is 5.47. The van der Waals surface area contributed by atoms with Gasteiger partial charge in [-0.2, -0.15) is 0 Å². The topological polar surface area (TPSA) is 45.4 Å². The maximum atomic E-state index is 5.95. The third-order valence-corrected chi connectivity index (χ3v) is 3.70. The highest BCUT2D eigenvalue weighted by Crippen LogP contribution is 2.20. The van der Waals surface area contributed by atoms with Gasteiger partial charge in [-0.25, -0.2) is 4.98 Å². The number of hydrogen-bond acceptors (Lipinski definition) is 4. The van der Waals surface area contributed by atoms with Crippen LogP contribution in [-0.2, 0) is 6.42 Å². The van der Waals surface area contributed by atoms with Gasteiger partial charge in [0.1, 0.15) is 5.82 Å². The number of rotatable bonds is 5. The molecule has 1 fully saturated rings. The molecule has 4 nitrogen and oxygen atoms in total. The number of anilines is 1. The van der Waals surface area contributed by atoms with Crippen LogP contribution in [0, 0.1) is 5.92 Å². The van der Waals surface area contributed by atoms with E-state index in [1.54, 1.807) is 0 Å². The van der Waals surface area contributed by atoms with Gasteiger partial charge >= 0.3 is 0 Å². The molecule has 2 heterocycles. The van der Waals surface area contributed by atoms with Crippen LogP contribution in [0.5, 0.6) is 0 Å². The zero-order valence-electron chi connectivity index (χ0n) is 13.0. The largest absolute Gasteiger partial charge is 0.354 e. The smallest absolute Gasteiger partial charge is 0.131 e. The molecule has 4 heteroatoms. The van der Waals surface area contributed by atoms with Gasteiger partial charge in [0, 0.05) is 45.0 Å². The van der Waals surface area contributed by atoms with Crippen molar-refractivity contribution in [2.24, 2.45) is 11.7 Å². The number of pyridine rings is 1. The summed E-state index contributed by atoms with van der Waals surface area (Å²) < 4.78 is 0. The van der Waals surface area contributed by atoms with Crippen molar-refractivity contribution in [3.8, 4) is 0 Å². The van der Waals surface area contributed by atoms with Crippen LogP contribution in [0.25, 0.3) is 0 Å². The fourth-order valence-corrected chi connectivity index (χ4v) is 2.88. The van der Waals surface area contributed by atoms with Gasteiger partial charge in [0.15, 0.2) is 0 Å². The van der Waals surface area contributed by atoms with E-state index in [0.29, 0.717) is 0 Å². The minimum absolute atomic E-state index is 0.181. The van der Waals surface area contributed by atoms with E-state index < -0.39 is 0 Å². The molecule has 2 rings (SSSR count). The quantitative estimate of drug-likeness (QED) is 0.890. The molecule has 0 radical (unpaired) electrons. The van der Waals surface area contributed by atoms with Crippen LogP contribution in [0.3, 0.4) is 0 Å². The third-order valence-electron chi connectivity index (χ3n) is 3.70. The lowest BCUT2D eigenvalue weighted by Crippen LogP contribution is -2.48. The first-order valence-corrected chi connectivity index (χ1v) is 7.73. The molecule has 0 saturated carbocycles. The Morgan fingerprint density at radius 2 is 1.90 bits per heavy atom. The normalized spacial score (nSPS) is 18.6. The molecule has 1 aliphatic heterocycles. The van der Waals surface area contributed by atoms with Crippen LogP contribution in [0.15, 0.2) is 18.3 Å². The van der Waals surface area contributed by atoms with Crippen LogP contribution in [-0.4, -0.2) is 48.6 Å². The van der Waals surface area contributed by atoms with Crippen molar-refractivity contribution in [1.82, 2.24) is 9.88 Å². The molecule has 1 aromatic rings. The van der Waals surface area contributed by atoms with E-state index in [4.69, 9.17) is 5.73 Å². The van der Waals surface area contributed by atoms with Crippen LogP contribution >= 0.6 is 0 Å². The molecule has 0 amide bonds. The van der Waals surface area contributed by atoms with E-state index in [2.05, 4.69) is 41.6 Å². The molecule has 2 N–H and O–H groups in total. The Morgan fingerprint density at radius 3 is 2.50 bits per heavy atom. The number of nitrogens with two attached hydrogens (primary N) is 1. The lowest BCUT2D eigenvalue weighted by molar-refractivity contribution is 0.231. The third kappa shape index (κ3) is 4.18. The minimum Gasteiger partial charge on any atom is -0.354 e. The Kier molecular flexibility index (Phi) is 5.38. The van der Waals surface area contributed by atoms with Gasteiger partial charge in [-0.1, -0.05) is 19.9 Å². The van der Waals surface area contributed by atoms with Crippen molar-refractivity contribution in [2.75, 3.05) is 37.6 Å². The van der Waals surface area contributed by atoms with E-state index in [1.165, 1.54) is 12.1 Å². The predicted octanol–water partition coefficient (Wildman–Crippen LogP) is 1.75. The van der Waals surface area contributed by atoms with Crippen molar-refractivity contribution < 1.29 is 0 Å². The van der Waals surface area contributed by atoms with Gasteiger partial charge in [0.05, 0.1) is 0 Å². The first kappa shape index (κ1) is 15.3. The first-order chi connectivity index (χ1) is 9.56. The monoisotopic (exact) mass is 276 g/mol. The van der Waals surface area contributed by atoms with Crippen molar-refractivity contribution in [2.45, 2.75) is 33.2 Å². The summed E-state index contributed by atoms with van der Waals surface area (Å²) in [6, 6.07) is 4.35. The molecule has 1 atom stereocenters. The van der Waals surface area contributed by atoms with Crippen LogP contribution in [0.4, 0.5) is 5.82 Å². The second-order valence-corrected chi connectivity index (χ2v) is 6.35. The lowest BCUT2D eigenvalue weighted by Gasteiger charge is -2.37. The Morgan fingerprint density at radius 1 is 1.20 bits per heavy atom. The second kappa shape index (κ2) is 7.04. The SMILES string of the molecule is CC(C)CN1CCN(c2ncccc2CC(C)N)CC1. The van der Waals surface area contributed by atoms with Gasteiger partial charge in [0.25, 0.3) is 0 Å². The summed E-state index contributed by atoms with van der Waals surface area (Å²) in [5.74, 6) is 1.87. The fourth-order valence-electron chi connectivity index (χ4n) is 2.88. The van der Waals surface area contributed by atoms with Crippen LogP contribution < -0.4 is 10.6 Å². The number of aromatic nitrogens is 1. The summed E-state index contributed by atoms with van der Waals surface area (Å²) in [4.78, 5) is 9.56. The van der Waals surface area contributed by atoms with Gasteiger partial charge in [0.2, 0.25) is 0 Å². The maximum absolute atomic E-state index is 5.95. The van der Waals surface area contributed by atoms with E-state index in [-0.39, 0.29) is 6.04 Å². The fraction of sp³-hybridized carbons (Fsp3) is 0.688. The van der Waals surface area contributed by atoms with Gasteiger partial charge in [-0.15, -0.1) is 0 Å². The van der Waals surface area contributed by atoms with E-state index in [0.717, 1.165) is 44.3 Å². The maximum Gasteiger partial charge on any atom is 0.131 e. The Labute approximate surface area is 123 Å². The first-order valence-electron chi connectivity index (χ1n) is 7.73. The van der Waals surface area contributed by atoms with E-state index in [9.17, 15) is 0 Å². The minimum atomic E-state index is 0.181. The highest BCUT2D eigenvalue weighted by atomic mass is 15.3.